The molecule has 3 rings (SSSR count). The SMILES string of the molecule is Fc1ccc(/C=C/CNc2ccnc3c(Br)cccc23)cc1. The van der Waals surface area contributed by atoms with Gasteiger partial charge in [0, 0.05) is 28.3 Å². The van der Waals surface area contributed by atoms with E-state index >= 15 is 0 Å². The van der Waals surface area contributed by atoms with Crippen molar-refractivity contribution in [1.82, 2.24) is 4.98 Å². The topological polar surface area (TPSA) is 24.9 Å². The average Bonchev–Trinajstić information content (AvgIpc) is 2.54. The van der Waals surface area contributed by atoms with Crippen LogP contribution in [-0.4, -0.2) is 11.5 Å². The van der Waals surface area contributed by atoms with Gasteiger partial charge in [-0.25, -0.2) is 4.39 Å². The van der Waals surface area contributed by atoms with Crippen molar-refractivity contribution in [2.75, 3.05) is 11.9 Å². The number of anilines is 1. The Morgan fingerprint density at radius 2 is 1.91 bits per heavy atom. The maximum Gasteiger partial charge on any atom is 0.123 e. The molecule has 2 aromatic carbocycles. The number of aromatic nitrogens is 1. The number of halogens is 2. The fourth-order valence-corrected chi connectivity index (χ4v) is 2.70. The van der Waals surface area contributed by atoms with Gasteiger partial charge in [-0.15, -0.1) is 0 Å². The highest BCUT2D eigenvalue weighted by atomic mass is 79.9. The molecule has 0 saturated carbocycles. The van der Waals surface area contributed by atoms with Crippen molar-refractivity contribution >= 4 is 38.6 Å². The van der Waals surface area contributed by atoms with Gasteiger partial charge in [0.1, 0.15) is 5.82 Å². The Balaban J connectivity index is 1.72. The summed E-state index contributed by atoms with van der Waals surface area (Å²) in [5, 5.41) is 4.45. The van der Waals surface area contributed by atoms with E-state index in [0.717, 1.165) is 26.6 Å². The summed E-state index contributed by atoms with van der Waals surface area (Å²) in [6, 6.07) is 14.4. The number of benzene rings is 2. The minimum atomic E-state index is -0.218. The number of fused-ring (bicyclic) bond motifs is 1. The predicted octanol–water partition coefficient (Wildman–Crippen LogP) is 5.26. The predicted molar refractivity (Wildman–Crippen MR) is 93.4 cm³/mol. The lowest BCUT2D eigenvalue weighted by Gasteiger charge is -2.08. The van der Waals surface area contributed by atoms with Crippen LogP contribution >= 0.6 is 15.9 Å². The van der Waals surface area contributed by atoms with Gasteiger partial charge < -0.3 is 5.32 Å². The van der Waals surface area contributed by atoms with Crippen LogP contribution in [0.1, 0.15) is 5.56 Å². The van der Waals surface area contributed by atoms with Crippen LogP contribution in [0.15, 0.2) is 65.3 Å². The summed E-state index contributed by atoms with van der Waals surface area (Å²) < 4.78 is 13.8. The first-order valence-electron chi connectivity index (χ1n) is 6.93. The second-order valence-corrected chi connectivity index (χ2v) is 5.68. The maximum atomic E-state index is 12.8. The van der Waals surface area contributed by atoms with Crippen LogP contribution in [0.3, 0.4) is 0 Å². The summed E-state index contributed by atoms with van der Waals surface area (Å²) in [4.78, 5) is 4.39. The Morgan fingerprint density at radius 1 is 1.09 bits per heavy atom. The molecule has 0 fully saturated rings. The monoisotopic (exact) mass is 356 g/mol. The number of nitrogens with one attached hydrogen (secondary N) is 1. The molecule has 0 bridgehead atoms. The van der Waals surface area contributed by atoms with Crippen molar-refractivity contribution in [2.24, 2.45) is 0 Å². The molecule has 0 aliphatic carbocycles. The molecule has 1 heterocycles. The third kappa shape index (κ3) is 3.34. The molecule has 0 spiro atoms. The number of para-hydroxylation sites is 1. The summed E-state index contributed by atoms with van der Waals surface area (Å²) in [6.45, 7) is 0.684. The van der Waals surface area contributed by atoms with Gasteiger partial charge >= 0.3 is 0 Å². The summed E-state index contributed by atoms with van der Waals surface area (Å²) >= 11 is 3.51. The first kappa shape index (κ1) is 14.7. The number of nitrogens with zero attached hydrogens (tertiary/aromatic N) is 1. The van der Waals surface area contributed by atoms with Crippen LogP contribution < -0.4 is 5.32 Å². The van der Waals surface area contributed by atoms with Crippen LogP contribution in [0.4, 0.5) is 10.1 Å². The summed E-state index contributed by atoms with van der Waals surface area (Å²) in [5.74, 6) is -0.218. The van der Waals surface area contributed by atoms with Crippen molar-refractivity contribution in [1.29, 1.82) is 0 Å². The number of hydrogen-bond acceptors (Lipinski definition) is 2. The zero-order valence-corrected chi connectivity index (χ0v) is 13.3. The van der Waals surface area contributed by atoms with Crippen LogP contribution in [0, 0.1) is 5.82 Å². The number of rotatable bonds is 4. The summed E-state index contributed by atoms with van der Waals surface area (Å²) in [7, 11) is 0. The van der Waals surface area contributed by atoms with Crippen molar-refractivity contribution in [3.63, 3.8) is 0 Å². The molecule has 22 heavy (non-hydrogen) atoms. The summed E-state index contributed by atoms with van der Waals surface area (Å²) in [5.41, 5.74) is 2.95. The molecule has 0 unspecified atom stereocenters. The largest absolute Gasteiger partial charge is 0.381 e. The Morgan fingerprint density at radius 3 is 2.73 bits per heavy atom. The van der Waals surface area contributed by atoms with Gasteiger partial charge in [0.2, 0.25) is 0 Å². The van der Waals surface area contributed by atoms with Gasteiger partial charge in [-0.2, -0.15) is 0 Å². The maximum absolute atomic E-state index is 12.8. The lowest BCUT2D eigenvalue weighted by Crippen LogP contribution is -1.99. The van der Waals surface area contributed by atoms with Gasteiger partial charge in [0.05, 0.1) is 5.52 Å². The molecule has 1 N–H and O–H groups in total. The van der Waals surface area contributed by atoms with Crippen LogP contribution in [0.2, 0.25) is 0 Å². The summed E-state index contributed by atoms with van der Waals surface area (Å²) in [6.07, 6.45) is 5.77. The van der Waals surface area contributed by atoms with Gasteiger partial charge in [-0.05, 0) is 45.8 Å². The van der Waals surface area contributed by atoms with Crippen LogP contribution in [0.25, 0.3) is 17.0 Å². The van der Waals surface area contributed by atoms with E-state index in [1.165, 1.54) is 12.1 Å². The van der Waals surface area contributed by atoms with E-state index in [4.69, 9.17) is 0 Å². The minimum Gasteiger partial charge on any atom is -0.381 e. The molecule has 2 nitrogen and oxygen atoms in total. The van der Waals surface area contributed by atoms with Crippen LogP contribution in [-0.2, 0) is 0 Å². The Hall–Kier alpha value is -2.20. The average molecular weight is 357 g/mol. The Bertz CT molecular complexity index is 813. The second-order valence-electron chi connectivity index (χ2n) is 4.83. The quantitative estimate of drug-likeness (QED) is 0.689. The first-order valence-corrected chi connectivity index (χ1v) is 7.72. The standard InChI is InChI=1S/C18H14BrFN2/c19-16-5-1-4-15-17(10-12-22-18(15)16)21-11-2-3-13-6-8-14(20)9-7-13/h1-10,12H,11H2,(H,21,22)/b3-2+. The lowest BCUT2D eigenvalue weighted by atomic mass is 10.2. The van der Waals surface area contributed by atoms with Crippen molar-refractivity contribution < 1.29 is 4.39 Å². The Labute approximate surface area is 136 Å². The molecule has 4 heteroatoms. The number of hydrogen-bond donors (Lipinski definition) is 1. The van der Waals surface area contributed by atoms with Gasteiger partial charge in [0.25, 0.3) is 0 Å². The Kier molecular flexibility index (Phi) is 4.49. The lowest BCUT2D eigenvalue weighted by molar-refractivity contribution is 0.628. The zero-order chi connectivity index (χ0) is 15.4. The molecule has 0 atom stereocenters. The van der Waals surface area contributed by atoms with Crippen molar-refractivity contribution in [2.45, 2.75) is 0 Å². The molecule has 0 amide bonds. The van der Waals surface area contributed by atoms with E-state index in [9.17, 15) is 4.39 Å². The second kappa shape index (κ2) is 6.71. The highest BCUT2D eigenvalue weighted by Gasteiger charge is 2.03. The van der Waals surface area contributed by atoms with E-state index in [1.54, 1.807) is 18.3 Å². The van der Waals surface area contributed by atoms with Gasteiger partial charge in [0.15, 0.2) is 0 Å². The molecule has 0 saturated heterocycles. The molecule has 0 aliphatic heterocycles. The first-order chi connectivity index (χ1) is 10.7. The molecule has 0 aliphatic rings. The normalized spacial score (nSPS) is 11.2. The molecular weight excluding hydrogens is 343 g/mol. The highest BCUT2D eigenvalue weighted by Crippen LogP contribution is 2.27. The minimum absolute atomic E-state index is 0.218. The smallest absolute Gasteiger partial charge is 0.123 e. The fourth-order valence-electron chi connectivity index (χ4n) is 2.23. The molecule has 3 aromatic rings. The van der Waals surface area contributed by atoms with Gasteiger partial charge in [-0.3, -0.25) is 4.98 Å². The fraction of sp³-hybridized carbons (Fsp3) is 0.0556. The van der Waals surface area contributed by atoms with Crippen molar-refractivity contribution in [3.05, 3.63) is 76.7 Å². The van der Waals surface area contributed by atoms with Gasteiger partial charge in [-0.1, -0.05) is 36.4 Å². The zero-order valence-electron chi connectivity index (χ0n) is 11.8. The highest BCUT2D eigenvalue weighted by molar-refractivity contribution is 9.10. The van der Waals surface area contributed by atoms with Crippen molar-refractivity contribution in [3.8, 4) is 0 Å². The molecule has 1 aromatic heterocycles. The van der Waals surface area contributed by atoms with E-state index in [1.807, 2.05) is 36.4 Å². The number of pyridine rings is 1. The van der Waals surface area contributed by atoms with Crippen LogP contribution in [0.5, 0.6) is 0 Å². The molecular formula is C18H14BrFN2. The third-order valence-electron chi connectivity index (χ3n) is 3.31. The van der Waals surface area contributed by atoms with E-state index < -0.39 is 0 Å². The molecule has 110 valence electrons. The van der Waals surface area contributed by atoms with E-state index in [-0.39, 0.29) is 5.82 Å². The van der Waals surface area contributed by atoms with E-state index in [0.29, 0.717) is 6.54 Å². The third-order valence-corrected chi connectivity index (χ3v) is 3.95. The molecule has 0 radical (unpaired) electrons. The van der Waals surface area contributed by atoms with E-state index in [2.05, 4.69) is 26.2 Å².